The summed E-state index contributed by atoms with van der Waals surface area (Å²) in [5.41, 5.74) is 6.39. The van der Waals surface area contributed by atoms with Crippen LogP contribution in [0.15, 0.2) is 24.3 Å². The number of rotatable bonds is 5. The van der Waals surface area contributed by atoms with E-state index in [1.54, 1.807) is 24.3 Å². The molecule has 1 aliphatic heterocycles. The predicted octanol–water partition coefficient (Wildman–Crippen LogP) is 0.426. The number of carbonyl (C=O) groups is 3. The number of ether oxygens (including phenoxy) is 1. The Morgan fingerprint density at radius 3 is 2.36 bits per heavy atom. The number of carboxylic acid groups (broad SMARTS) is 1. The van der Waals surface area contributed by atoms with E-state index in [1.807, 2.05) is 0 Å². The minimum Gasteiger partial charge on any atom is -0.479 e. The third-order valence-electron chi connectivity index (χ3n) is 3.28. The van der Waals surface area contributed by atoms with Gasteiger partial charge < -0.3 is 26.2 Å². The lowest BCUT2D eigenvalue weighted by Crippen LogP contribution is -2.35. The Balaban J connectivity index is 1.81. The van der Waals surface area contributed by atoms with E-state index >= 15 is 0 Å². The van der Waals surface area contributed by atoms with Crippen molar-refractivity contribution in [1.82, 2.24) is 5.32 Å². The summed E-state index contributed by atoms with van der Waals surface area (Å²) in [6, 6.07) is 6.16. The second-order valence-electron chi connectivity index (χ2n) is 4.93. The zero-order valence-corrected chi connectivity index (χ0v) is 11.7. The molecule has 2 rings (SSSR count). The summed E-state index contributed by atoms with van der Waals surface area (Å²) in [5, 5.41) is 13.9. The Kier molecular flexibility index (Phi) is 4.95. The first kappa shape index (κ1) is 15.8. The fourth-order valence-corrected chi connectivity index (χ4v) is 2.16. The van der Waals surface area contributed by atoms with Crippen LogP contribution in [0.5, 0.6) is 0 Å². The Labute approximate surface area is 126 Å². The molecule has 1 heterocycles. The smallest absolute Gasteiger partial charge is 0.332 e. The van der Waals surface area contributed by atoms with Crippen molar-refractivity contribution in [3.63, 3.8) is 0 Å². The summed E-state index contributed by atoms with van der Waals surface area (Å²) in [6.07, 6.45) is -0.905. The van der Waals surface area contributed by atoms with Crippen molar-refractivity contribution in [3.8, 4) is 0 Å². The number of carbonyl (C=O) groups excluding carboxylic acids is 2. The molecular formula is C14H17N3O5. The molecule has 2 atom stereocenters. The van der Waals surface area contributed by atoms with E-state index in [0.29, 0.717) is 18.5 Å². The van der Waals surface area contributed by atoms with Crippen molar-refractivity contribution >= 4 is 23.6 Å². The van der Waals surface area contributed by atoms with Gasteiger partial charge >= 0.3 is 12.0 Å². The van der Waals surface area contributed by atoms with Crippen LogP contribution in [-0.2, 0) is 20.9 Å². The zero-order valence-electron chi connectivity index (χ0n) is 11.7. The fourth-order valence-electron chi connectivity index (χ4n) is 2.16. The third kappa shape index (κ3) is 4.19. The molecule has 0 radical (unpaired) electrons. The van der Waals surface area contributed by atoms with Crippen LogP contribution >= 0.6 is 0 Å². The van der Waals surface area contributed by atoms with Crippen LogP contribution in [0, 0.1) is 0 Å². The van der Waals surface area contributed by atoms with Gasteiger partial charge in [-0.1, -0.05) is 12.1 Å². The van der Waals surface area contributed by atoms with Crippen LogP contribution < -0.4 is 16.4 Å². The summed E-state index contributed by atoms with van der Waals surface area (Å²) in [7, 11) is 0. The first-order valence-corrected chi connectivity index (χ1v) is 6.77. The van der Waals surface area contributed by atoms with E-state index < -0.39 is 24.2 Å². The van der Waals surface area contributed by atoms with Gasteiger partial charge in [-0.05, 0) is 30.5 Å². The molecule has 0 aliphatic carbocycles. The van der Waals surface area contributed by atoms with Gasteiger partial charge in [-0.25, -0.2) is 9.59 Å². The van der Waals surface area contributed by atoms with Gasteiger partial charge in [-0.3, -0.25) is 4.79 Å². The van der Waals surface area contributed by atoms with Gasteiger partial charge in [0.1, 0.15) is 6.10 Å². The van der Waals surface area contributed by atoms with Crippen LogP contribution in [0.3, 0.4) is 0 Å². The van der Waals surface area contributed by atoms with E-state index in [4.69, 9.17) is 15.6 Å². The number of hydrogen-bond donors (Lipinski definition) is 4. The van der Waals surface area contributed by atoms with Crippen molar-refractivity contribution < 1.29 is 24.2 Å². The Bertz CT molecular complexity index is 572. The lowest BCUT2D eigenvalue weighted by atomic mass is 10.1. The van der Waals surface area contributed by atoms with Gasteiger partial charge in [0.05, 0.1) is 0 Å². The highest BCUT2D eigenvalue weighted by atomic mass is 16.5. The van der Waals surface area contributed by atoms with Crippen LogP contribution in [0.2, 0.25) is 0 Å². The van der Waals surface area contributed by atoms with E-state index in [-0.39, 0.29) is 12.5 Å². The number of primary amides is 1. The number of amides is 3. The number of nitrogens with two attached hydrogens (primary N) is 1. The van der Waals surface area contributed by atoms with Crippen molar-refractivity contribution in [3.05, 3.63) is 29.8 Å². The Hall–Kier alpha value is -2.61. The summed E-state index contributed by atoms with van der Waals surface area (Å²) in [6.45, 7) is 0.285. The first-order valence-electron chi connectivity index (χ1n) is 6.77. The molecular weight excluding hydrogens is 290 g/mol. The maximum atomic E-state index is 11.9. The van der Waals surface area contributed by atoms with Gasteiger partial charge in [0, 0.05) is 12.2 Å². The summed E-state index contributed by atoms with van der Waals surface area (Å²) >= 11 is 0. The maximum Gasteiger partial charge on any atom is 0.332 e. The normalized spacial score (nSPS) is 20.4. The van der Waals surface area contributed by atoms with Crippen molar-refractivity contribution in [2.45, 2.75) is 31.6 Å². The number of benzene rings is 1. The Morgan fingerprint density at radius 1 is 1.18 bits per heavy atom. The van der Waals surface area contributed by atoms with Crippen LogP contribution in [0.4, 0.5) is 10.5 Å². The number of aliphatic carboxylic acids is 1. The molecule has 1 aromatic carbocycles. The van der Waals surface area contributed by atoms with Crippen molar-refractivity contribution in [1.29, 1.82) is 0 Å². The van der Waals surface area contributed by atoms with E-state index in [2.05, 4.69) is 10.6 Å². The highest BCUT2D eigenvalue weighted by Crippen LogP contribution is 2.20. The second kappa shape index (κ2) is 6.90. The molecule has 118 valence electrons. The molecule has 0 saturated carbocycles. The molecule has 1 aromatic rings. The highest BCUT2D eigenvalue weighted by Gasteiger charge is 2.34. The molecule has 0 aromatic heterocycles. The van der Waals surface area contributed by atoms with Gasteiger partial charge in [0.15, 0.2) is 6.10 Å². The molecule has 22 heavy (non-hydrogen) atoms. The van der Waals surface area contributed by atoms with Crippen LogP contribution in [0.1, 0.15) is 18.4 Å². The monoisotopic (exact) mass is 307 g/mol. The lowest BCUT2D eigenvalue weighted by Gasteiger charge is -2.12. The lowest BCUT2D eigenvalue weighted by molar-refractivity contribution is -0.151. The van der Waals surface area contributed by atoms with E-state index in [0.717, 1.165) is 5.56 Å². The fraction of sp³-hybridized carbons (Fsp3) is 0.357. The highest BCUT2D eigenvalue weighted by molar-refractivity contribution is 5.87. The molecule has 3 amide bonds. The number of nitrogens with one attached hydrogen (secondary N) is 2. The minimum atomic E-state index is -1.05. The van der Waals surface area contributed by atoms with E-state index in [9.17, 15) is 14.4 Å². The molecule has 0 bridgehead atoms. The minimum absolute atomic E-state index is 0.285. The van der Waals surface area contributed by atoms with Crippen molar-refractivity contribution in [2.75, 3.05) is 5.32 Å². The molecule has 0 spiro atoms. The molecule has 5 N–H and O–H groups in total. The standard InChI is InChI=1S/C14H17N3O5/c15-14(21)17-9-3-1-8(2-4-9)7-16-12(18)10-5-6-11(22-10)13(19)20/h1-4,10-11H,5-7H2,(H,16,18)(H,19,20)(H3,15,17,21)/t10-,11+/m0/s1. The first-order chi connectivity index (χ1) is 10.5. The zero-order chi connectivity index (χ0) is 16.1. The number of carboxylic acids is 1. The van der Waals surface area contributed by atoms with Gasteiger partial charge in [-0.2, -0.15) is 0 Å². The number of hydrogen-bond acceptors (Lipinski definition) is 4. The van der Waals surface area contributed by atoms with Gasteiger partial charge in [0.2, 0.25) is 5.91 Å². The number of anilines is 1. The summed E-state index contributed by atoms with van der Waals surface area (Å²) in [5.74, 6) is -1.38. The average Bonchev–Trinajstić information content (AvgIpc) is 2.96. The van der Waals surface area contributed by atoms with Gasteiger partial charge in [0.25, 0.3) is 0 Å². The molecule has 8 heteroatoms. The average molecular weight is 307 g/mol. The van der Waals surface area contributed by atoms with Crippen molar-refractivity contribution in [2.24, 2.45) is 5.73 Å². The predicted molar refractivity (Wildman–Crippen MR) is 77.0 cm³/mol. The van der Waals surface area contributed by atoms with E-state index in [1.165, 1.54) is 0 Å². The molecule has 0 unspecified atom stereocenters. The summed E-state index contributed by atoms with van der Waals surface area (Å²) in [4.78, 5) is 33.3. The second-order valence-corrected chi connectivity index (χ2v) is 4.93. The molecule has 8 nitrogen and oxygen atoms in total. The third-order valence-corrected chi connectivity index (χ3v) is 3.28. The van der Waals surface area contributed by atoms with Gasteiger partial charge in [-0.15, -0.1) is 0 Å². The molecule has 1 aliphatic rings. The summed E-state index contributed by atoms with van der Waals surface area (Å²) < 4.78 is 5.16. The Morgan fingerprint density at radius 2 is 1.82 bits per heavy atom. The van der Waals surface area contributed by atoms with Crippen LogP contribution in [0.25, 0.3) is 0 Å². The quantitative estimate of drug-likeness (QED) is 0.626. The maximum absolute atomic E-state index is 11.9. The molecule has 1 fully saturated rings. The topological polar surface area (TPSA) is 131 Å². The SMILES string of the molecule is NC(=O)Nc1ccc(CNC(=O)[C@@H]2CC[C@H](C(=O)O)O2)cc1. The molecule has 1 saturated heterocycles. The van der Waals surface area contributed by atoms with Crippen LogP contribution in [-0.4, -0.2) is 35.2 Å². The largest absolute Gasteiger partial charge is 0.479 e. The number of urea groups is 1.